The Morgan fingerprint density at radius 1 is 1.41 bits per heavy atom. The maximum Gasteiger partial charge on any atom is 0.214 e. The fourth-order valence-corrected chi connectivity index (χ4v) is 2.97. The third-order valence-corrected chi connectivity index (χ3v) is 4.20. The lowest BCUT2D eigenvalue weighted by Gasteiger charge is -2.22. The van der Waals surface area contributed by atoms with Crippen LogP contribution in [-0.4, -0.2) is 46.5 Å². The summed E-state index contributed by atoms with van der Waals surface area (Å²) in [5, 5.41) is 2.98. The van der Waals surface area contributed by atoms with Crippen LogP contribution >= 0.6 is 12.4 Å². The Labute approximate surface area is 110 Å². The summed E-state index contributed by atoms with van der Waals surface area (Å²) in [6, 6.07) is 0.141. The predicted molar refractivity (Wildman–Crippen MR) is 71.2 cm³/mol. The van der Waals surface area contributed by atoms with Crippen molar-refractivity contribution in [3.8, 4) is 0 Å². The first-order valence-electron chi connectivity index (χ1n) is 5.79. The van der Waals surface area contributed by atoms with Gasteiger partial charge in [0.1, 0.15) is 0 Å². The predicted octanol–water partition coefficient (Wildman–Crippen LogP) is 0.505. The van der Waals surface area contributed by atoms with Crippen LogP contribution in [0.5, 0.6) is 0 Å². The van der Waals surface area contributed by atoms with Crippen molar-refractivity contribution in [1.29, 1.82) is 0 Å². The van der Waals surface area contributed by atoms with E-state index < -0.39 is 10.0 Å². The number of hydrogen-bond donors (Lipinski definition) is 2. The second-order valence-electron chi connectivity index (χ2n) is 4.31. The van der Waals surface area contributed by atoms with Crippen LogP contribution in [0.1, 0.15) is 26.2 Å². The topological polar surface area (TPSA) is 67.4 Å². The molecule has 0 saturated carbocycles. The van der Waals surface area contributed by atoms with Gasteiger partial charge >= 0.3 is 0 Å². The SMILES string of the molecule is CNC(C)CNS(=O)(=O)CC1CCCCO1.Cl. The quantitative estimate of drug-likeness (QED) is 0.746. The van der Waals surface area contributed by atoms with E-state index >= 15 is 0 Å². The van der Waals surface area contributed by atoms with Gasteiger partial charge in [0.2, 0.25) is 10.0 Å². The van der Waals surface area contributed by atoms with Crippen molar-refractivity contribution in [3.05, 3.63) is 0 Å². The molecule has 0 bridgehead atoms. The summed E-state index contributed by atoms with van der Waals surface area (Å²) in [5.74, 6) is 0.0867. The number of halogens is 1. The van der Waals surface area contributed by atoms with E-state index in [1.165, 1.54) is 0 Å². The Hall–Kier alpha value is 0.120. The molecule has 17 heavy (non-hydrogen) atoms. The summed E-state index contributed by atoms with van der Waals surface area (Å²) in [7, 11) is -1.39. The molecule has 1 fully saturated rings. The first-order chi connectivity index (χ1) is 7.53. The zero-order valence-electron chi connectivity index (χ0n) is 10.4. The van der Waals surface area contributed by atoms with Crippen LogP contribution in [0.4, 0.5) is 0 Å². The number of sulfonamides is 1. The Kier molecular flexibility index (Phi) is 8.32. The van der Waals surface area contributed by atoms with Gasteiger partial charge in [-0.3, -0.25) is 0 Å². The first-order valence-corrected chi connectivity index (χ1v) is 7.45. The Morgan fingerprint density at radius 3 is 2.65 bits per heavy atom. The van der Waals surface area contributed by atoms with Crippen LogP contribution < -0.4 is 10.0 Å². The molecular formula is C10H23ClN2O3S. The van der Waals surface area contributed by atoms with Gasteiger partial charge in [0, 0.05) is 19.2 Å². The molecule has 0 aromatic heterocycles. The molecular weight excluding hydrogens is 264 g/mol. The largest absolute Gasteiger partial charge is 0.377 e. The van der Waals surface area contributed by atoms with Crippen molar-refractivity contribution in [2.24, 2.45) is 0 Å². The van der Waals surface area contributed by atoms with Crippen molar-refractivity contribution >= 4 is 22.4 Å². The molecule has 0 radical (unpaired) electrons. The summed E-state index contributed by atoms with van der Waals surface area (Å²) in [4.78, 5) is 0. The standard InChI is InChI=1S/C10H22N2O3S.ClH/c1-9(11-2)7-12-16(13,14)8-10-5-3-4-6-15-10;/h9-12H,3-8H2,1-2H3;1H. The Balaban J connectivity index is 0.00000256. The molecule has 1 saturated heterocycles. The Morgan fingerprint density at radius 2 is 2.12 bits per heavy atom. The smallest absolute Gasteiger partial charge is 0.214 e. The van der Waals surface area contributed by atoms with Crippen LogP contribution in [0.25, 0.3) is 0 Å². The molecule has 1 rings (SSSR count). The van der Waals surface area contributed by atoms with Crippen LogP contribution in [-0.2, 0) is 14.8 Å². The van der Waals surface area contributed by atoms with Gasteiger partial charge in [0.05, 0.1) is 11.9 Å². The third-order valence-electron chi connectivity index (χ3n) is 2.78. The highest BCUT2D eigenvalue weighted by Gasteiger charge is 2.21. The molecule has 5 nitrogen and oxygen atoms in total. The lowest BCUT2D eigenvalue weighted by Crippen LogP contribution is -2.41. The van der Waals surface area contributed by atoms with Gasteiger partial charge in [0.25, 0.3) is 0 Å². The molecule has 0 amide bonds. The third kappa shape index (κ3) is 7.21. The lowest BCUT2D eigenvalue weighted by molar-refractivity contribution is 0.0304. The molecule has 0 spiro atoms. The van der Waals surface area contributed by atoms with E-state index in [1.807, 2.05) is 14.0 Å². The summed E-state index contributed by atoms with van der Waals surface area (Å²) in [5.41, 5.74) is 0. The zero-order valence-corrected chi connectivity index (χ0v) is 12.1. The van der Waals surface area contributed by atoms with Gasteiger partial charge in [-0.15, -0.1) is 12.4 Å². The van der Waals surface area contributed by atoms with Crippen LogP contribution in [0, 0.1) is 0 Å². The second kappa shape index (κ2) is 8.26. The fourth-order valence-electron chi connectivity index (χ4n) is 1.60. The molecule has 2 atom stereocenters. The minimum atomic E-state index is -3.20. The minimum Gasteiger partial charge on any atom is -0.377 e. The number of ether oxygens (including phenoxy) is 1. The molecule has 2 unspecified atom stereocenters. The van der Waals surface area contributed by atoms with E-state index in [4.69, 9.17) is 4.74 Å². The van der Waals surface area contributed by atoms with Gasteiger partial charge in [-0.1, -0.05) is 0 Å². The maximum absolute atomic E-state index is 11.7. The number of likely N-dealkylation sites (N-methyl/N-ethyl adjacent to an activating group) is 1. The number of hydrogen-bond acceptors (Lipinski definition) is 4. The number of nitrogens with one attached hydrogen (secondary N) is 2. The van der Waals surface area contributed by atoms with Crippen molar-refractivity contribution in [1.82, 2.24) is 10.0 Å². The second-order valence-corrected chi connectivity index (χ2v) is 6.16. The Bertz CT molecular complexity index is 292. The first kappa shape index (κ1) is 17.1. The molecule has 0 aromatic carbocycles. The van der Waals surface area contributed by atoms with Gasteiger partial charge in [-0.2, -0.15) is 0 Å². The molecule has 7 heteroatoms. The van der Waals surface area contributed by atoms with E-state index in [-0.39, 0.29) is 30.3 Å². The van der Waals surface area contributed by atoms with Crippen LogP contribution in [0.3, 0.4) is 0 Å². The number of rotatable bonds is 6. The van der Waals surface area contributed by atoms with Gasteiger partial charge < -0.3 is 10.1 Å². The molecule has 2 N–H and O–H groups in total. The van der Waals surface area contributed by atoms with Crippen molar-refractivity contribution < 1.29 is 13.2 Å². The molecule has 1 heterocycles. The molecule has 104 valence electrons. The highest BCUT2D eigenvalue weighted by molar-refractivity contribution is 7.89. The van der Waals surface area contributed by atoms with E-state index in [1.54, 1.807) is 0 Å². The van der Waals surface area contributed by atoms with Gasteiger partial charge in [0.15, 0.2) is 0 Å². The molecule has 0 aromatic rings. The van der Waals surface area contributed by atoms with E-state index in [9.17, 15) is 8.42 Å². The molecule has 1 aliphatic rings. The maximum atomic E-state index is 11.7. The zero-order chi connectivity index (χ0) is 12.0. The lowest BCUT2D eigenvalue weighted by atomic mass is 10.1. The summed E-state index contributed by atoms with van der Waals surface area (Å²) in [6.07, 6.45) is 2.83. The highest BCUT2D eigenvalue weighted by atomic mass is 35.5. The summed E-state index contributed by atoms with van der Waals surface area (Å²) >= 11 is 0. The van der Waals surface area contributed by atoms with Crippen molar-refractivity contribution in [2.45, 2.75) is 38.3 Å². The summed E-state index contributed by atoms with van der Waals surface area (Å²) < 4.78 is 31.4. The van der Waals surface area contributed by atoms with Crippen LogP contribution in [0.15, 0.2) is 0 Å². The minimum absolute atomic E-state index is 0. The molecule has 1 aliphatic heterocycles. The van der Waals surface area contributed by atoms with Gasteiger partial charge in [-0.05, 0) is 33.2 Å². The van der Waals surface area contributed by atoms with Crippen LogP contribution in [0.2, 0.25) is 0 Å². The van der Waals surface area contributed by atoms with Crippen molar-refractivity contribution in [2.75, 3.05) is 26.0 Å². The monoisotopic (exact) mass is 286 g/mol. The van der Waals surface area contributed by atoms with Crippen molar-refractivity contribution in [3.63, 3.8) is 0 Å². The van der Waals surface area contributed by atoms with E-state index in [0.29, 0.717) is 13.2 Å². The average molecular weight is 287 g/mol. The highest BCUT2D eigenvalue weighted by Crippen LogP contribution is 2.13. The normalized spacial score (nSPS) is 22.8. The molecule has 0 aliphatic carbocycles. The fraction of sp³-hybridized carbons (Fsp3) is 1.00. The van der Waals surface area contributed by atoms with E-state index in [0.717, 1.165) is 19.3 Å². The van der Waals surface area contributed by atoms with E-state index in [2.05, 4.69) is 10.0 Å². The summed E-state index contributed by atoms with van der Waals surface area (Å²) in [6.45, 7) is 3.04. The van der Waals surface area contributed by atoms with Gasteiger partial charge in [-0.25, -0.2) is 13.1 Å². The average Bonchev–Trinajstić information content (AvgIpc) is 2.27.